The van der Waals surface area contributed by atoms with E-state index in [1.807, 2.05) is 12.1 Å². The number of benzene rings is 1. The Morgan fingerprint density at radius 2 is 1.84 bits per heavy atom. The highest BCUT2D eigenvalue weighted by molar-refractivity contribution is 5.56. The molecule has 2 N–H and O–H groups in total. The summed E-state index contributed by atoms with van der Waals surface area (Å²) in [7, 11) is 4.81. The van der Waals surface area contributed by atoms with Gasteiger partial charge in [-0.2, -0.15) is 0 Å². The molecule has 0 spiro atoms. The first kappa shape index (κ1) is 14.0. The normalized spacial score (nSPS) is 22.9. The summed E-state index contributed by atoms with van der Waals surface area (Å²) in [6.07, 6.45) is 1.62. The average molecular weight is 267 g/mol. The van der Waals surface area contributed by atoms with Crippen LogP contribution in [0.2, 0.25) is 0 Å². The SMILES string of the molecule is COc1ccc(C2CC(N)CCO2)c(OC)c1OC. The Kier molecular flexibility index (Phi) is 4.50. The maximum Gasteiger partial charge on any atom is 0.203 e. The van der Waals surface area contributed by atoms with Gasteiger partial charge in [0.25, 0.3) is 0 Å². The minimum Gasteiger partial charge on any atom is -0.493 e. The zero-order valence-electron chi connectivity index (χ0n) is 11.6. The van der Waals surface area contributed by atoms with Crippen LogP contribution in [0.1, 0.15) is 24.5 Å². The van der Waals surface area contributed by atoms with Crippen molar-refractivity contribution in [3.8, 4) is 17.2 Å². The molecule has 2 atom stereocenters. The van der Waals surface area contributed by atoms with Gasteiger partial charge in [0.2, 0.25) is 5.75 Å². The molecule has 0 radical (unpaired) electrons. The van der Waals surface area contributed by atoms with E-state index < -0.39 is 0 Å². The maximum absolute atomic E-state index is 6.00. The van der Waals surface area contributed by atoms with Crippen molar-refractivity contribution in [2.75, 3.05) is 27.9 Å². The van der Waals surface area contributed by atoms with Crippen molar-refractivity contribution in [1.29, 1.82) is 0 Å². The molecule has 2 unspecified atom stereocenters. The lowest BCUT2D eigenvalue weighted by Crippen LogP contribution is -2.30. The van der Waals surface area contributed by atoms with Gasteiger partial charge in [-0.15, -0.1) is 0 Å². The number of hydrogen-bond donors (Lipinski definition) is 1. The molecule has 5 nitrogen and oxygen atoms in total. The second-order valence-corrected chi connectivity index (χ2v) is 4.57. The standard InChI is InChI=1S/C14H21NO4/c1-16-11-5-4-10(13(17-2)14(11)18-3)12-8-9(15)6-7-19-12/h4-5,9,12H,6-8,15H2,1-3H3. The third-order valence-electron chi connectivity index (χ3n) is 3.41. The van der Waals surface area contributed by atoms with Crippen LogP contribution in [0.15, 0.2) is 12.1 Å². The van der Waals surface area contributed by atoms with E-state index in [0.29, 0.717) is 23.9 Å². The lowest BCUT2D eigenvalue weighted by atomic mass is 9.97. The zero-order chi connectivity index (χ0) is 13.8. The van der Waals surface area contributed by atoms with E-state index in [1.54, 1.807) is 21.3 Å². The molecule has 1 aliphatic heterocycles. The van der Waals surface area contributed by atoms with Crippen LogP contribution in [0.3, 0.4) is 0 Å². The van der Waals surface area contributed by atoms with Crippen LogP contribution in [-0.2, 0) is 4.74 Å². The van der Waals surface area contributed by atoms with Gasteiger partial charge in [0.1, 0.15) is 0 Å². The summed E-state index contributed by atoms with van der Waals surface area (Å²) in [6.45, 7) is 0.670. The molecule has 1 saturated heterocycles. The van der Waals surface area contributed by atoms with E-state index in [4.69, 9.17) is 24.7 Å². The molecule has 2 rings (SSSR count). The highest BCUT2D eigenvalue weighted by Gasteiger charge is 2.27. The number of rotatable bonds is 4. The highest BCUT2D eigenvalue weighted by Crippen LogP contribution is 2.44. The molecule has 1 fully saturated rings. The van der Waals surface area contributed by atoms with Crippen LogP contribution in [0.5, 0.6) is 17.2 Å². The van der Waals surface area contributed by atoms with Crippen molar-refractivity contribution in [3.63, 3.8) is 0 Å². The van der Waals surface area contributed by atoms with Crippen LogP contribution in [0.25, 0.3) is 0 Å². The summed E-state index contributed by atoms with van der Waals surface area (Å²) in [5.41, 5.74) is 6.96. The molecule has 5 heteroatoms. The molecular weight excluding hydrogens is 246 g/mol. The molecule has 106 valence electrons. The Labute approximate surface area is 113 Å². The van der Waals surface area contributed by atoms with Gasteiger partial charge in [-0.05, 0) is 25.0 Å². The van der Waals surface area contributed by atoms with Gasteiger partial charge in [0, 0.05) is 18.2 Å². The molecule has 0 amide bonds. The Bertz CT molecular complexity index is 436. The summed E-state index contributed by atoms with van der Waals surface area (Å²) in [4.78, 5) is 0. The largest absolute Gasteiger partial charge is 0.493 e. The fraction of sp³-hybridized carbons (Fsp3) is 0.571. The Morgan fingerprint density at radius 3 is 2.42 bits per heavy atom. The second kappa shape index (κ2) is 6.12. The molecule has 0 saturated carbocycles. The summed E-state index contributed by atoms with van der Waals surface area (Å²) in [6, 6.07) is 3.97. The highest BCUT2D eigenvalue weighted by atomic mass is 16.5. The van der Waals surface area contributed by atoms with E-state index in [-0.39, 0.29) is 12.1 Å². The first-order valence-corrected chi connectivity index (χ1v) is 6.37. The number of methoxy groups -OCH3 is 3. The maximum atomic E-state index is 6.00. The van der Waals surface area contributed by atoms with E-state index in [1.165, 1.54) is 0 Å². The lowest BCUT2D eigenvalue weighted by Gasteiger charge is -2.29. The lowest BCUT2D eigenvalue weighted by molar-refractivity contribution is 0.00518. The average Bonchev–Trinajstić information content (AvgIpc) is 2.45. The fourth-order valence-electron chi connectivity index (χ4n) is 2.42. The number of hydrogen-bond acceptors (Lipinski definition) is 5. The minimum atomic E-state index is -0.0569. The van der Waals surface area contributed by atoms with Gasteiger partial charge in [-0.25, -0.2) is 0 Å². The molecule has 1 aromatic rings. The summed E-state index contributed by atoms with van der Waals surface area (Å²) in [5.74, 6) is 1.88. The first-order chi connectivity index (χ1) is 9.21. The van der Waals surface area contributed by atoms with Crippen molar-refractivity contribution in [2.24, 2.45) is 5.73 Å². The summed E-state index contributed by atoms with van der Waals surface area (Å²) in [5, 5.41) is 0. The van der Waals surface area contributed by atoms with Crippen LogP contribution >= 0.6 is 0 Å². The number of nitrogens with two attached hydrogens (primary N) is 1. The molecule has 19 heavy (non-hydrogen) atoms. The summed E-state index contributed by atoms with van der Waals surface area (Å²) < 4.78 is 21.9. The van der Waals surface area contributed by atoms with E-state index in [0.717, 1.165) is 18.4 Å². The van der Waals surface area contributed by atoms with Crippen LogP contribution in [0.4, 0.5) is 0 Å². The van der Waals surface area contributed by atoms with Crippen molar-refractivity contribution >= 4 is 0 Å². The predicted octanol–water partition coefficient (Wildman–Crippen LogP) is 1.89. The zero-order valence-corrected chi connectivity index (χ0v) is 11.6. The third kappa shape index (κ3) is 2.77. The van der Waals surface area contributed by atoms with Gasteiger partial charge >= 0.3 is 0 Å². The van der Waals surface area contributed by atoms with Crippen molar-refractivity contribution in [1.82, 2.24) is 0 Å². The minimum absolute atomic E-state index is 0.0569. The fourth-order valence-corrected chi connectivity index (χ4v) is 2.42. The predicted molar refractivity (Wildman–Crippen MR) is 72.0 cm³/mol. The summed E-state index contributed by atoms with van der Waals surface area (Å²) >= 11 is 0. The van der Waals surface area contributed by atoms with Crippen LogP contribution in [-0.4, -0.2) is 34.0 Å². The Balaban J connectivity index is 2.39. The topological polar surface area (TPSA) is 62.9 Å². The van der Waals surface area contributed by atoms with Crippen molar-refractivity contribution in [2.45, 2.75) is 25.0 Å². The monoisotopic (exact) mass is 267 g/mol. The van der Waals surface area contributed by atoms with E-state index in [2.05, 4.69) is 0 Å². The number of ether oxygens (including phenoxy) is 4. The van der Waals surface area contributed by atoms with E-state index in [9.17, 15) is 0 Å². The molecular formula is C14H21NO4. The van der Waals surface area contributed by atoms with Crippen LogP contribution < -0.4 is 19.9 Å². The van der Waals surface area contributed by atoms with Crippen molar-refractivity contribution < 1.29 is 18.9 Å². The quantitative estimate of drug-likeness (QED) is 0.902. The van der Waals surface area contributed by atoms with Gasteiger partial charge < -0.3 is 24.7 Å². The second-order valence-electron chi connectivity index (χ2n) is 4.57. The molecule has 0 bridgehead atoms. The molecule has 0 aromatic heterocycles. The van der Waals surface area contributed by atoms with Crippen LogP contribution in [0, 0.1) is 0 Å². The van der Waals surface area contributed by atoms with Gasteiger partial charge in [0.05, 0.1) is 27.4 Å². The van der Waals surface area contributed by atoms with Gasteiger partial charge in [-0.1, -0.05) is 0 Å². The molecule has 1 aliphatic rings. The van der Waals surface area contributed by atoms with E-state index >= 15 is 0 Å². The van der Waals surface area contributed by atoms with Crippen molar-refractivity contribution in [3.05, 3.63) is 17.7 Å². The Hall–Kier alpha value is -1.46. The molecule has 1 heterocycles. The molecule has 0 aliphatic carbocycles. The Morgan fingerprint density at radius 1 is 1.11 bits per heavy atom. The van der Waals surface area contributed by atoms with Gasteiger partial charge in [-0.3, -0.25) is 0 Å². The smallest absolute Gasteiger partial charge is 0.203 e. The molecule has 1 aromatic carbocycles. The van der Waals surface area contributed by atoms with Gasteiger partial charge in [0.15, 0.2) is 11.5 Å². The third-order valence-corrected chi connectivity index (χ3v) is 3.41. The first-order valence-electron chi connectivity index (χ1n) is 6.37.